The Morgan fingerprint density at radius 3 is 2.00 bits per heavy atom. The first kappa shape index (κ1) is 18.7. The second-order valence-electron chi connectivity index (χ2n) is 5.55. The van der Waals surface area contributed by atoms with Crippen molar-refractivity contribution in [3.63, 3.8) is 0 Å². The molecule has 1 aromatic heterocycles. The normalized spacial score (nSPS) is 11.8. The quantitative estimate of drug-likeness (QED) is 0.662. The monoisotopic (exact) mass is 393 g/mol. The fraction of sp³-hybridized carbons (Fsp3) is 0.0556. The van der Waals surface area contributed by atoms with E-state index in [2.05, 4.69) is 15.0 Å². The van der Waals surface area contributed by atoms with Crippen LogP contribution in [0.25, 0.3) is 0 Å². The first-order valence-electron chi connectivity index (χ1n) is 7.72. The number of anilines is 3. The molecular weight excluding hydrogens is 379 g/mol. The number of sulfonamides is 1. The van der Waals surface area contributed by atoms with Crippen LogP contribution in [0.15, 0.2) is 77.8 Å². The predicted molar refractivity (Wildman–Crippen MR) is 96.2 cm³/mol. The predicted octanol–water partition coefficient (Wildman–Crippen LogP) is 4.64. The van der Waals surface area contributed by atoms with Gasteiger partial charge in [-0.2, -0.15) is 13.2 Å². The number of pyridine rings is 1. The highest BCUT2D eigenvalue weighted by Gasteiger charge is 2.29. The van der Waals surface area contributed by atoms with Crippen LogP contribution in [0.4, 0.5) is 30.4 Å². The zero-order chi connectivity index (χ0) is 19.5. The van der Waals surface area contributed by atoms with Crippen molar-refractivity contribution < 1.29 is 21.6 Å². The Labute approximate surface area is 153 Å². The Hall–Kier alpha value is -3.07. The first-order valence-corrected chi connectivity index (χ1v) is 9.20. The van der Waals surface area contributed by atoms with Crippen LogP contribution in [0.1, 0.15) is 5.56 Å². The van der Waals surface area contributed by atoms with E-state index in [9.17, 15) is 21.6 Å². The van der Waals surface area contributed by atoms with E-state index in [-0.39, 0.29) is 10.6 Å². The number of hydrogen-bond acceptors (Lipinski definition) is 4. The third-order valence-corrected chi connectivity index (χ3v) is 4.95. The molecule has 1 heterocycles. The number of hydrogen-bond donors (Lipinski definition) is 2. The molecule has 0 spiro atoms. The molecule has 0 saturated carbocycles. The number of halogens is 3. The molecule has 0 saturated heterocycles. The highest BCUT2D eigenvalue weighted by atomic mass is 32.2. The highest BCUT2D eigenvalue weighted by Crippen LogP contribution is 2.30. The number of rotatable bonds is 5. The van der Waals surface area contributed by atoms with Gasteiger partial charge in [0.05, 0.1) is 22.3 Å². The van der Waals surface area contributed by atoms with Crippen LogP contribution in [-0.2, 0) is 16.2 Å². The van der Waals surface area contributed by atoms with Gasteiger partial charge in [0.1, 0.15) is 5.82 Å². The number of nitrogens with one attached hydrogen (secondary N) is 2. The van der Waals surface area contributed by atoms with Gasteiger partial charge in [-0.05, 0) is 48.5 Å². The SMILES string of the molecule is O=S(=O)(Nc1ccc(Nc2ccc(C(F)(F)F)cc2)nc1)c1ccccc1. The molecule has 0 fully saturated rings. The van der Waals surface area contributed by atoms with Crippen LogP contribution in [0.2, 0.25) is 0 Å². The van der Waals surface area contributed by atoms with Gasteiger partial charge in [0.2, 0.25) is 0 Å². The fourth-order valence-electron chi connectivity index (χ4n) is 2.23. The van der Waals surface area contributed by atoms with Crippen molar-refractivity contribution in [2.45, 2.75) is 11.1 Å². The third-order valence-electron chi connectivity index (χ3n) is 3.55. The Balaban J connectivity index is 1.69. The number of alkyl halides is 3. The van der Waals surface area contributed by atoms with Gasteiger partial charge in [-0.25, -0.2) is 13.4 Å². The summed E-state index contributed by atoms with van der Waals surface area (Å²) in [6.45, 7) is 0. The summed E-state index contributed by atoms with van der Waals surface area (Å²) >= 11 is 0. The van der Waals surface area contributed by atoms with E-state index in [4.69, 9.17) is 0 Å². The minimum absolute atomic E-state index is 0.122. The maximum atomic E-state index is 12.6. The summed E-state index contributed by atoms with van der Waals surface area (Å²) in [4.78, 5) is 4.18. The van der Waals surface area contributed by atoms with Crippen LogP contribution in [0.3, 0.4) is 0 Å². The van der Waals surface area contributed by atoms with Crippen molar-refractivity contribution in [3.8, 4) is 0 Å². The summed E-state index contributed by atoms with van der Waals surface area (Å²) in [5.41, 5.74) is -0.0587. The Kier molecular flexibility index (Phi) is 5.04. The van der Waals surface area contributed by atoms with Gasteiger partial charge >= 0.3 is 6.18 Å². The molecule has 3 aromatic rings. The standard InChI is InChI=1S/C18H14F3N3O2S/c19-18(20,21)13-6-8-14(9-7-13)23-17-11-10-15(12-22-17)24-27(25,26)16-4-2-1-3-5-16/h1-12,24H,(H,22,23). The smallest absolute Gasteiger partial charge is 0.340 e. The summed E-state index contributed by atoms with van der Waals surface area (Å²) in [5.74, 6) is 0.359. The zero-order valence-corrected chi connectivity index (χ0v) is 14.6. The molecule has 140 valence electrons. The maximum absolute atomic E-state index is 12.6. The summed E-state index contributed by atoms with van der Waals surface area (Å²) in [5, 5.41) is 2.85. The molecule has 27 heavy (non-hydrogen) atoms. The summed E-state index contributed by atoms with van der Waals surface area (Å²) in [6, 6.07) is 15.4. The molecule has 0 bridgehead atoms. The molecular formula is C18H14F3N3O2S. The third kappa shape index (κ3) is 4.76. The first-order chi connectivity index (χ1) is 12.7. The minimum Gasteiger partial charge on any atom is -0.340 e. The highest BCUT2D eigenvalue weighted by molar-refractivity contribution is 7.92. The summed E-state index contributed by atoms with van der Waals surface area (Å²) in [6.07, 6.45) is -3.08. The maximum Gasteiger partial charge on any atom is 0.416 e. The van der Waals surface area contributed by atoms with Crippen LogP contribution in [0.5, 0.6) is 0 Å². The fourth-order valence-corrected chi connectivity index (χ4v) is 3.30. The average Bonchev–Trinajstić information content (AvgIpc) is 2.64. The van der Waals surface area contributed by atoms with E-state index >= 15 is 0 Å². The summed E-state index contributed by atoms with van der Waals surface area (Å²) < 4.78 is 64.6. The van der Waals surface area contributed by atoms with Gasteiger partial charge in [0, 0.05) is 5.69 Å². The largest absolute Gasteiger partial charge is 0.416 e. The number of benzene rings is 2. The molecule has 0 aliphatic rings. The van der Waals surface area contributed by atoms with Gasteiger partial charge in [-0.3, -0.25) is 4.72 Å². The van der Waals surface area contributed by atoms with Crippen molar-refractivity contribution in [2.75, 3.05) is 10.0 Å². The number of nitrogens with zero attached hydrogens (tertiary/aromatic N) is 1. The lowest BCUT2D eigenvalue weighted by molar-refractivity contribution is -0.137. The van der Waals surface area contributed by atoms with Crippen LogP contribution in [0, 0.1) is 0 Å². The second kappa shape index (κ2) is 7.28. The molecule has 0 amide bonds. The van der Waals surface area contributed by atoms with Crippen LogP contribution >= 0.6 is 0 Å². The van der Waals surface area contributed by atoms with E-state index < -0.39 is 21.8 Å². The molecule has 2 N–H and O–H groups in total. The molecule has 5 nitrogen and oxygen atoms in total. The van der Waals surface area contributed by atoms with Crippen molar-refractivity contribution in [2.24, 2.45) is 0 Å². The van der Waals surface area contributed by atoms with Crippen molar-refractivity contribution in [3.05, 3.63) is 78.5 Å². The van der Waals surface area contributed by atoms with Crippen molar-refractivity contribution in [1.29, 1.82) is 0 Å². The van der Waals surface area contributed by atoms with Gasteiger partial charge in [-0.1, -0.05) is 18.2 Å². The van der Waals surface area contributed by atoms with Gasteiger partial charge in [0.15, 0.2) is 0 Å². The van der Waals surface area contributed by atoms with E-state index in [1.807, 2.05) is 0 Å². The van der Waals surface area contributed by atoms with E-state index in [0.717, 1.165) is 12.1 Å². The molecule has 0 atom stereocenters. The molecule has 2 aromatic carbocycles. The van der Waals surface area contributed by atoms with Gasteiger partial charge in [-0.15, -0.1) is 0 Å². The van der Waals surface area contributed by atoms with E-state index in [1.165, 1.54) is 42.6 Å². The number of aromatic nitrogens is 1. The zero-order valence-electron chi connectivity index (χ0n) is 13.7. The van der Waals surface area contributed by atoms with E-state index in [1.54, 1.807) is 18.2 Å². The van der Waals surface area contributed by atoms with Crippen molar-refractivity contribution in [1.82, 2.24) is 4.98 Å². The minimum atomic E-state index is -4.39. The molecule has 0 radical (unpaired) electrons. The molecule has 0 aliphatic heterocycles. The lowest BCUT2D eigenvalue weighted by Gasteiger charge is -2.10. The Bertz CT molecular complexity index is 1000. The summed E-state index contributed by atoms with van der Waals surface area (Å²) in [7, 11) is -3.72. The van der Waals surface area contributed by atoms with Crippen LogP contribution in [-0.4, -0.2) is 13.4 Å². The molecule has 0 aliphatic carbocycles. The molecule has 9 heteroatoms. The van der Waals surface area contributed by atoms with Gasteiger partial charge in [0.25, 0.3) is 10.0 Å². The topological polar surface area (TPSA) is 71.1 Å². The Morgan fingerprint density at radius 1 is 0.815 bits per heavy atom. The van der Waals surface area contributed by atoms with E-state index in [0.29, 0.717) is 11.5 Å². The van der Waals surface area contributed by atoms with Crippen LogP contribution < -0.4 is 10.0 Å². The van der Waals surface area contributed by atoms with Crippen molar-refractivity contribution >= 4 is 27.2 Å². The molecule has 3 rings (SSSR count). The Morgan fingerprint density at radius 2 is 1.44 bits per heavy atom. The molecule has 0 unspecified atom stereocenters. The lowest BCUT2D eigenvalue weighted by Crippen LogP contribution is -2.13. The van der Waals surface area contributed by atoms with Gasteiger partial charge < -0.3 is 5.32 Å². The lowest BCUT2D eigenvalue weighted by atomic mass is 10.2. The average molecular weight is 393 g/mol. The second-order valence-corrected chi connectivity index (χ2v) is 7.23.